The average Bonchev–Trinajstić information content (AvgIpc) is 2.86. The fourth-order valence-electron chi connectivity index (χ4n) is 6.06. The number of likely N-dealkylation sites (tertiary alicyclic amines) is 2. The van der Waals surface area contributed by atoms with Crippen molar-refractivity contribution in [2.45, 2.75) is 53.6 Å². The van der Waals surface area contributed by atoms with Crippen molar-refractivity contribution in [1.82, 2.24) is 9.80 Å². The van der Waals surface area contributed by atoms with E-state index >= 15 is 0 Å². The summed E-state index contributed by atoms with van der Waals surface area (Å²) in [5.74, 6) is 2.66. The van der Waals surface area contributed by atoms with Crippen LogP contribution in [0.1, 0.15) is 47.5 Å². The lowest BCUT2D eigenvalue weighted by Crippen LogP contribution is -2.74. The first-order valence-electron chi connectivity index (χ1n) is 14.3. The number of nitrogens with zero attached hydrogens (tertiary/aromatic N) is 5. The Morgan fingerprint density at radius 3 is 2.57 bits per heavy atom. The molecule has 1 aromatic rings. The fourth-order valence-corrected chi connectivity index (χ4v) is 6.06. The Morgan fingerprint density at radius 2 is 1.89 bits per heavy atom. The second-order valence-electron chi connectivity index (χ2n) is 11.2. The number of halogens is 1. The molecule has 4 aliphatic heterocycles. The molecule has 5 rings (SSSR count). The maximum Gasteiger partial charge on any atom is 0.175 e. The smallest absolute Gasteiger partial charge is 0.175 e. The molecule has 1 atom stereocenters. The van der Waals surface area contributed by atoms with Crippen molar-refractivity contribution < 1.29 is 13.9 Å². The molecule has 37 heavy (non-hydrogen) atoms. The lowest BCUT2D eigenvalue weighted by atomic mass is 9.72. The third kappa shape index (κ3) is 6.63. The summed E-state index contributed by atoms with van der Waals surface area (Å²) in [5, 5.41) is 0. The van der Waals surface area contributed by atoms with Crippen molar-refractivity contribution in [3.63, 3.8) is 0 Å². The number of aliphatic imine (C=N–C) groups is 2. The summed E-state index contributed by atoms with van der Waals surface area (Å²) < 4.78 is 26.2. The third-order valence-corrected chi connectivity index (χ3v) is 7.68. The molecular formula is C29H46FN5O2. The standard InChI is InChI=1S/C27H40FN5O2.C2H6/c1-4-32(13-20(2)3)23-11-22(28)5-6-24(23)35-25-12-29-19-30-26(25)33-17-27(18-33)15-31(16-27)14-21-7-9-34-10-8-21;1-2/h5-6,11,19-21,25H,4,7-10,12-18H2,1-3H3;1-2H3. The first kappa shape index (κ1) is 27.8. The summed E-state index contributed by atoms with van der Waals surface area (Å²) in [6.07, 6.45) is 3.80. The van der Waals surface area contributed by atoms with E-state index in [0.717, 1.165) is 56.8 Å². The average molecular weight is 516 g/mol. The van der Waals surface area contributed by atoms with Crippen LogP contribution in [0.5, 0.6) is 5.75 Å². The van der Waals surface area contributed by atoms with Crippen molar-refractivity contribution in [2.75, 3.05) is 70.5 Å². The number of benzene rings is 1. The minimum Gasteiger partial charge on any atom is -0.478 e. The highest BCUT2D eigenvalue weighted by molar-refractivity contribution is 5.95. The van der Waals surface area contributed by atoms with Gasteiger partial charge in [0.05, 0.1) is 12.2 Å². The SMILES string of the molecule is CC.CCN(CC(C)C)c1cc(F)ccc1OC1CN=CN=C1N1CC2(CN(CC3CCOCC3)C2)C1. The van der Waals surface area contributed by atoms with Crippen LogP contribution in [0, 0.1) is 23.1 Å². The van der Waals surface area contributed by atoms with Crippen molar-refractivity contribution in [2.24, 2.45) is 27.2 Å². The van der Waals surface area contributed by atoms with Gasteiger partial charge in [-0.05, 0) is 43.7 Å². The van der Waals surface area contributed by atoms with Gasteiger partial charge < -0.3 is 24.2 Å². The number of amidine groups is 1. The zero-order valence-corrected chi connectivity index (χ0v) is 23.5. The maximum absolute atomic E-state index is 14.2. The van der Waals surface area contributed by atoms with Gasteiger partial charge in [0.15, 0.2) is 6.10 Å². The van der Waals surface area contributed by atoms with E-state index in [9.17, 15) is 4.39 Å². The zero-order valence-electron chi connectivity index (χ0n) is 23.5. The lowest BCUT2D eigenvalue weighted by Gasteiger charge is -2.62. The van der Waals surface area contributed by atoms with Gasteiger partial charge in [-0.25, -0.2) is 9.38 Å². The van der Waals surface area contributed by atoms with Crippen molar-refractivity contribution >= 4 is 17.9 Å². The molecule has 4 heterocycles. The summed E-state index contributed by atoms with van der Waals surface area (Å²) in [6.45, 7) is 20.1. The van der Waals surface area contributed by atoms with E-state index in [0.29, 0.717) is 23.6 Å². The van der Waals surface area contributed by atoms with Crippen LogP contribution in [0.25, 0.3) is 0 Å². The van der Waals surface area contributed by atoms with Gasteiger partial charge in [-0.1, -0.05) is 27.7 Å². The number of ether oxygens (including phenoxy) is 2. The van der Waals surface area contributed by atoms with E-state index in [-0.39, 0.29) is 11.9 Å². The molecular weight excluding hydrogens is 469 g/mol. The minimum atomic E-state index is -0.252. The first-order chi connectivity index (χ1) is 17.9. The molecule has 3 fully saturated rings. The zero-order chi connectivity index (χ0) is 26.4. The largest absolute Gasteiger partial charge is 0.478 e. The third-order valence-electron chi connectivity index (χ3n) is 7.68. The molecule has 206 valence electrons. The Bertz CT molecular complexity index is 932. The van der Waals surface area contributed by atoms with Crippen LogP contribution in [0.3, 0.4) is 0 Å². The van der Waals surface area contributed by atoms with Crippen LogP contribution in [-0.2, 0) is 4.74 Å². The molecule has 1 spiro atoms. The number of hydrogen-bond acceptors (Lipinski definition) is 7. The fraction of sp³-hybridized carbons (Fsp3) is 0.724. The monoisotopic (exact) mass is 515 g/mol. The van der Waals surface area contributed by atoms with Gasteiger partial charge in [0.2, 0.25) is 0 Å². The quantitative estimate of drug-likeness (QED) is 0.508. The highest BCUT2D eigenvalue weighted by Crippen LogP contribution is 2.41. The summed E-state index contributed by atoms with van der Waals surface area (Å²) in [4.78, 5) is 16.2. The Kier molecular flexibility index (Phi) is 9.46. The van der Waals surface area contributed by atoms with Crippen molar-refractivity contribution in [3.05, 3.63) is 24.0 Å². The van der Waals surface area contributed by atoms with Crippen LogP contribution in [0.15, 0.2) is 28.2 Å². The summed E-state index contributed by atoms with van der Waals surface area (Å²) in [5.41, 5.74) is 1.20. The molecule has 3 saturated heterocycles. The predicted molar refractivity (Wildman–Crippen MR) is 150 cm³/mol. The van der Waals surface area contributed by atoms with Crippen LogP contribution in [0.2, 0.25) is 0 Å². The molecule has 0 N–H and O–H groups in total. The second kappa shape index (κ2) is 12.6. The summed E-state index contributed by atoms with van der Waals surface area (Å²) in [7, 11) is 0. The normalized spacial score (nSPS) is 23.2. The van der Waals surface area contributed by atoms with Gasteiger partial charge in [-0.2, -0.15) is 0 Å². The molecule has 1 aromatic carbocycles. The number of rotatable bonds is 8. The van der Waals surface area contributed by atoms with E-state index in [4.69, 9.17) is 9.47 Å². The van der Waals surface area contributed by atoms with Gasteiger partial charge in [-0.3, -0.25) is 4.99 Å². The molecule has 0 aliphatic carbocycles. The molecule has 0 amide bonds. The molecule has 0 bridgehead atoms. The van der Waals surface area contributed by atoms with E-state index < -0.39 is 0 Å². The maximum atomic E-state index is 14.2. The molecule has 7 nitrogen and oxygen atoms in total. The first-order valence-corrected chi connectivity index (χ1v) is 14.3. The summed E-state index contributed by atoms with van der Waals surface area (Å²) >= 11 is 0. The number of anilines is 1. The topological polar surface area (TPSA) is 52.9 Å². The minimum absolute atomic E-state index is 0.245. The molecule has 0 saturated carbocycles. The Labute approximate surface area is 222 Å². The molecule has 4 aliphatic rings. The van der Waals surface area contributed by atoms with E-state index in [1.807, 2.05) is 13.8 Å². The van der Waals surface area contributed by atoms with Crippen LogP contribution in [-0.4, -0.2) is 93.6 Å². The summed E-state index contributed by atoms with van der Waals surface area (Å²) in [6, 6.07) is 4.82. The van der Waals surface area contributed by atoms with Crippen LogP contribution >= 0.6 is 0 Å². The number of hydrogen-bond donors (Lipinski definition) is 0. The van der Waals surface area contributed by atoms with Gasteiger partial charge in [0.25, 0.3) is 0 Å². The lowest BCUT2D eigenvalue weighted by molar-refractivity contribution is -0.0985. The second-order valence-corrected chi connectivity index (χ2v) is 11.2. The van der Waals surface area contributed by atoms with E-state index in [1.165, 1.54) is 38.5 Å². The molecule has 8 heteroatoms. The van der Waals surface area contributed by atoms with Gasteiger partial charge in [-0.15, -0.1) is 0 Å². The van der Waals surface area contributed by atoms with E-state index in [2.05, 4.69) is 45.5 Å². The predicted octanol–water partition coefficient (Wildman–Crippen LogP) is 4.57. The highest BCUT2D eigenvalue weighted by atomic mass is 19.1. The molecule has 0 radical (unpaired) electrons. The van der Waals surface area contributed by atoms with Crippen LogP contribution in [0.4, 0.5) is 10.1 Å². The Balaban J connectivity index is 0.00000156. The van der Waals surface area contributed by atoms with E-state index in [1.54, 1.807) is 18.5 Å². The van der Waals surface area contributed by atoms with Crippen molar-refractivity contribution in [1.29, 1.82) is 0 Å². The Morgan fingerprint density at radius 1 is 1.16 bits per heavy atom. The van der Waals surface area contributed by atoms with Crippen molar-refractivity contribution in [3.8, 4) is 5.75 Å². The Hall–Kier alpha value is -2.19. The van der Waals surface area contributed by atoms with Gasteiger partial charge in [0, 0.05) is 70.5 Å². The molecule has 0 aromatic heterocycles. The van der Waals surface area contributed by atoms with Crippen LogP contribution < -0.4 is 9.64 Å². The van der Waals surface area contributed by atoms with Gasteiger partial charge in [0.1, 0.15) is 23.7 Å². The highest BCUT2D eigenvalue weighted by Gasteiger charge is 2.53. The van der Waals surface area contributed by atoms with Gasteiger partial charge >= 0.3 is 0 Å². The molecule has 1 unspecified atom stereocenters.